The van der Waals surface area contributed by atoms with Crippen LogP contribution in [0.15, 0.2) is 77.4 Å². The molecule has 1 N–H and O–H groups in total. The van der Waals surface area contributed by atoms with Crippen molar-refractivity contribution in [2.75, 3.05) is 0 Å². The van der Waals surface area contributed by atoms with E-state index in [1.807, 2.05) is 37.3 Å². The summed E-state index contributed by atoms with van der Waals surface area (Å²) >= 11 is 0. The quantitative estimate of drug-likeness (QED) is 0.772. The number of hydrogen-bond acceptors (Lipinski definition) is 2. The van der Waals surface area contributed by atoms with Crippen LogP contribution in [0, 0.1) is 0 Å². The highest BCUT2D eigenvalue weighted by molar-refractivity contribution is 5.91. The Labute approximate surface area is 129 Å². The molecule has 0 fully saturated rings. The van der Waals surface area contributed by atoms with Gasteiger partial charge >= 0.3 is 0 Å². The average molecular weight is 291 g/mol. The summed E-state index contributed by atoms with van der Waals surface area (Å²) in [5.74, 6) is 0.123. The molecule has 0 saturated heterocycles. The monoisotopic (exact) mass is 291 g/mol. The molecule has 3 aromatic rings. The van der Waals surface area contributed by atoms with Crippen LogP contribution in [0.25, 0.3) is 11.1 Å². The first-order valence-electron chi connectivity index (χ1n) is 7.24. The fourth-order valence-electron chi connectivity index (χ4n) is 2.35. The molecule has 3 rings (SSSR count). The summed E-state index contributed by atoms with van der Waals surface area (Å²) in [6, 6.07) is 21.7. The summed E-state index contributed by atoms with van der Waals surface area (Å²) < 4.78 is 5.10. The molecule has 1 aromatic heterocycles. The third-order valence-corrected chi connectivity index (χ3v) is 3.61. The maximum atomic E-state index is 12.0. The van der Waals surface area contributed by atoms with Crippen molar-refractivity contribution in [2.45, 2.75) is 13.0 Å². The molecule has 3 nitrogen and oxygen atoms in total. The van der Waals surface area contributed by atoms with Gasteiger partial charge in [-0.2, -0.15) is 0 Å². The van der Waals surface area contributed by atoms with Gasteiger partial charge in [-0.15, -0.1) is 0 Å². The van der Waals surface area contributed by atoms with Crippen LogP contribution in [0.4, 0.5) is 0 Å². The number of hydrogen-bond donors (Lipinski definition) is 1. The van der Waals surface area contributed by atoms with Gasteiger partial charge in [0, 0.05) is 0 Å². The number of nitrogens with one attached hydrogen (secondary N) is 1. The molecule has 2 aromatic carbocycles. The normalized spacial score (nSPS) is 11.9. The first kappa shape index (κ1) is 14.1. The molecule has 1 heterocycles. The molecule has 0 saturated carbocycles. The largest absolute Gasteiger partial charge is 0.459 e. The van der Waals surface area contributed by atoms with Gasteiger partial charge in [0.25, 0.3) is 5.91 Å². The molecule has 0 bridgehead atoms. The fraction of sp³-hybridized carbons (Fsp3) is 0.105. The Morgan fingerprint density at radius 3 is 2.23 bits per heavy atom. The first-order chi connectivity index (χ1) is 10.7. The lowest BCUT2D eigenvalue weighted by atomic mass is 10.0. The van der Waals surface area contributed by atoms with Crippen molar-refractivity contribution >= 4 is 5.91 Å². The number of benzene rings is 2. The van der Waals surface area contributed by atoms with E-state index in [4.69, 9.17) is 4.42 Å². The fourth-order valence-corrected chi connectivity index (χ4v) is 2.35. The summed E-state index contributed by atoms with van der Waals surface area (Å²) in [7, 11) is 0. The molecule has 0 aliphatic carbocycles. The number of rotatable bonds is 4. The van der Waals surface area contributed by atoms with Crippen LogP contribution in [0.5, 0.6) is 0 Å². The third-order valence-electron chi connectivity index (χ3n) is 3.61. The molecule has 0 aliphatic heterocycles. The van der Waals surface area contributed by atoms with E-state index >= 15 is 0 Å². The molecule has 0 aliphatic rings. The molecule has 0 radical (unpaired) electrons. The van der Waals surface area contributed by atoms with E-state index in [9.17, 15) is 4.79 Å². The van der Waals surface area contributed by atoms with Crippen LogP contribution >= 0.6 is 0 Å². The minimum absolute atomic E-state index is 0.0811. The lowest BCUT2D eigenvalue weighted by molar-refractivity contribution is 0.0912. The number of amides is 1. The van der Waals surface area contributed by atoms with E-state index in [1.54, 1.807) is 12.1 Å². The van der Waals surface area contributed by atoms with Gasteiger partial charge in [0.05, 0.1) is 12.3 Å². The first-order valence-corrected chi connectivity index (χ1v) is 7.24. The van der Waals surface area contributed by atoms with E-state index in [0.717, 1.165) is 11.1 Å². The van der Waals surface area contributed by atoms with Crippen molar-refractivity contribution in [3.63, 3.8) is 0 Å². The van der Waals surface area contributed by atoms with E-state index < -0.39 is 0 Å². The van der Waals surface area contributed by atoms with Crippen molar-refractivity contribution in [1.82, 2.24) is 5.32 Å². The minimum atomic E-state index is -0.204. The Morgan fingerprint density at radius 2 is 1.59 bits per heavy atom. The summed E-state index contributed by atoms with van der Waals surface area (Å²) in [5.41, 5.74) is 3.40. The van der Waals surface area contributed by atoms with E-state index in [2.05, 4.69) is 29.6 Å². The second-order valence-electron chi connectivity index (χ2n) is 5.16. The van der Waals surface area contributed by atoms with Gasteiger partial charge in [-0.05, 0) is 35.7 Å². The summed E-state index contributed by atoms with van der Waals surface area (Å²) in [5, 5.41) is 2.93. The van der Waals surface area contributed by atoms with E-state index in [0.29, 0.717) is 5.76 Å². The van der Waals surface area contributed by atoms with Gasteiger partial charge in [-0.3, -0.25) is 4.79 Å². The molecular formula is C19H17NO2. The molecule has 0 spiro atoms. The van der Waals surface area contributed by atoms with Crippen LogP contribution in [0.1, 0.15) is 29.1 Å². The summed E-state index contributed by atoms with van der Waals surface area (Å²) in [4.78, 5) is 12.0. The molecule has 0 unspecified atom stereocenters. The van der Waals surface area contributed by atoms with Gasteiger partial charge in [-0.1, -0.05) is 54.6 Å². The second kappa shape index (κ2) is 6.31. The predicted molar refractivity (Wildman–Crippen MR) is 86.5 cm³/mol. The molecular weight excluding hydrogens is 274 g/mol. The summed E-state index contributed by atoms with van der Waals surface area (Å²) in [6.07, 6.45) is 1.49. The highest BCUT2D eigenvalue weighted by Crippen LogP contribution is 2.22. The maximum absolute atomic E-state index is 12.0. The highest BCUT2D eigenvalue weighted by Gasteiger charge is 2.13. The zero-order valence-corrected chi connectivity index (χ0v) is 12.3. The number of furan rings is 1. The molecule has 1 atom stereocenters. The van der Waals surface area contributed by atoms with Gasteiger partial charge in [0.2, 0.25) is 0 Å². The third kappa shape index (κ3) is 3.09. The highest BCUT2D eigenvalue weighted by atomic mass is 16.3. The topological polar surface area (TPSA) is 42.2 Å². The van der Waals surface area contributed by atoms with Crippen LogP contribution in [-0.4, -0.2) is 5.91 Å². The minimum Gasteiger partial charge on any atom is -0.459 e. The average Bonchev–Trinajstić information content (AvgIpc) is 3.10. The zero-order chi connectivity index (χ0) is 15.4. The number of carbonyl (C=O) groups excluding carboxylic acids is 1. The van der Waals surface area contributed by atoms with Crippen LogP contribution in [0.3, 0.4) is 0 Å². The van der Waals surface area contributed by atoms with Crippen molar-refractivity contribution in [1.29, 1.82) is 0 Å². The maximum Gasteiger partial charge on any atom is 0.287 e. The van der Waals surface area contributed by atoms with Gasteiger partial charge < -0.3 is 9.73 Å². The summed E-state index contributed by atoms with van der Waals surface area (Å²) in [6.45, 7) is 1.96. The predicted octanol–water partition coefficient (Wildman–Crippen LogP) is 4.44. The van der Waals surface area contributed by atoms with Gasteiger partial charge in [0.15, 0.2) is 5.76 Å². The smallest absolute Gasteiger partial charge is 0.287 e. The Hall–Kier alpha value is -2.81. The Bertz CT molecular complexity index is 731. The Kier molecular flexibility index (Phi) is 4.05. The lowest BCUT2D eigenvalue weighted by Crippen LogP contribution is -2.26. The molecule has 110 valence electrons. The van der Waals surface area contributed by atoms with E-state index in [1.165, 1.54) is 11.8 Å². The van der Waals surface area contributed by atoms with Crippen LogP contribution in [0.2, 0.25) is 0 Å². The molecule has 1 amide bonds. The number of carbonyl (C=O) groups is 1. The van der Waals surface area contributed by atoms with E-state index in [-0.39, 0.29) is 11.9 Å². The lowest BCUT2D eigenvalue weighted by Gasteiger charge is -2.14. The van der Waals surface area contributed by atoms with Gasteiger partial charge in [-0.25, -0.2) is 0 Å². The second-order valence-corrected chi connectivity index (χ2v) is 5.16. The van der Waals surface area contributed by atoms with Crippen molar-refractivity contribution in [3.05, 3.63) is 84.3 Å². The van der Waals surface area contributed by atoms with Crippen LogP contribution in [-0.2, 0) is 0 Å². The zero-order valence-electron chi connectivity index (χ0n) is 12.3. The van der Waals surface area contributed by atoms with Crippen molar-refractivity contribution in [2.24, 2.45) is 0 Å². The Balaban J connectivity index is 1.71. The van der Waals surface area contributed by atoms with Gasteiger partial charge in [0.1, 0.15) is 0 Å². The van der Waals surface area contributed by atoms with Crippen molar-refractivity contribution in [3.8, 4) is 11.1 Å². The standard InChI is InChI=1S/C19H17NO2/c1-14(20-19(21)18-8-5-13-22-18)15-9-11-17(12-10-15)16-6-3-2-4-7-16/h2-14H,1H3,(H,20,21)/t14-/m0/s1. The molecule has 22 heavy (non-hydrogen) atoms. The Morgan fingerprint density at radius 1 is 0.909 bits per heavy atom. The van der Waals surface area contributed by atoms with Crippen LogP contribution < -0.4 is 5.32 Å². The van der Waals surface area contributed by atoms with Crippen molar-refractivity contribution < 1.29 is 9.21 Å². The SMILES string of the molecule is C[C@H](NC(=O)c1ccco1)c1ccc(-c2ccccc2)cc1. The molecule has 3 heteroatoms.